The van der Waals surface area contributed by atoms with Crippen molar-refractivity contribution in [3.05, 3.63) is 54.1 Å². The number of fused-ring (bicyclic) bond motifs is 1. The van der Waals surface area contributed by atoms with Crippen LogP contribution < -0.4 is 9.64 Å². The summed E-state index contributed by atoms with van der Waals surface area (Å²) in [6.45, 7) is 0.118. The first-order valence-electron chi connectivity index (χ1n) is 8.33. The molecule has 1 aromatic heterocycles. The molecule has 2 aromatic carbocycles. The highest BCUT2D eigenvalue weighted by Crippen LogP contribution is 2.31. The largest absolute Gasteiger partial charge is 0.484 e. The normalized spacial score (nSPS) is 11.6. The molecule has 5 nitrogen and oxygen atoms in total. The van der Waals surface area contributed by atoms with Crippen molar-refractivity contribution in [1.82, 2.24) is 4.98 Å². The standard InChI is InChI=1S/C19H17F3N2O3S/c1-26-10-9-24(18-23-15-7-2-3-8-16(15)28-18)17(25)12-27-14-6-4-5-13(11-14)19(20,21)22/h2-8,11H,9-10,12H2,1H3. The Bertz CT molecular complexity index is 926. The van der Waals surface area contributed by atoms with Crippen molar-refractivity contribution in [3.63, 3.8) is 0 Å². The van der Waals surface area contributed by atoms with Crippen LogP contribution in [0.2, 0.25) is 0 Å². The van der Waals surface area contributed by atoms with Gasteiger partial charge in [-0.25, -0.2) is 4.98 Å². The van der Waals surface area contributed by atoms with E-state index >= 15 is 0 Å². The number of rotatable bonds is 7. The third-order valence-corrected chi connectivity index (χ3v) is 4.92. The van der Waals surface area contributed by atoms with Crippen LogP contribution in [0.3, 0.4) is 0 Å². The summed E-state index contributed by atoms with van der Waals surface area (Å²) in [7, 11) is 1.51. The first-order valence-corrected chi connectivity index (χ1v) is 9.15. The predicted octanol–water partition coefficient (Wildman–Crippen LogP) is 4.37. The molecule has 1 amide bonds. The average molecular weight is 410 g/mol. The zero-order valence-corrected chi connectivity index (χ0v) is 15.7. The van der Waals surface area contributed by atoms with Gasteiger partial charge >= 0.3 is 6.18 Å². The van der Waals surface area contributed by atoms with Gasteiger partial charge in [0.2, 0.25) is 0 Å². The van der Waals surface area contributed by atoms with Crippen LogP contribution >= 0.6 is 11.3 Å². The molecule has 0 fully saturated rings. The molecule has 148 valence electrons. The molecule has 0 bridgehead atoms. The number of amides is 1. The number of methoxy groups -OCH3 is 1. The zero-order chi connectivity index (χ0) is 20.1. The van der Waals surface area contributed by atoms with E-state index < -0.39 is 24.3 Å². The molecule has 3 aromatic rings. The van der Waals surface area contributed by atoms with Gasteiger partial charge in [-0.15, -0.1) is 0 Å². The molecular weight excluding hydrogens is 393 g/mol. The van der Waals surface area contributed by atoms with E-state index in [-0.39, 0.29) is 18.9 Å². The average Bonchev–Trinajstić information content (AvgIpc) is 3.10. The Morgan fingerprint density at radius 2 is 1.96 bits per heavy atom. The highest BCUT2D eigenvalue weighted by atomic mass is 32.1. The minimum absolute atomic E-state index is 0.0285. The van der Waals surface area contributed by atoms with Crippen LogP contribution in [0, 0.1) is 0 Å². The number of benzene rings is 2. The fourth-order valence-electron chi connectivity index (χ4n) is 2.47. The number of carbonyl (C=O) groups is 1. The van der Waals surface area contributed by atoms with E-state index in [1.165, 1.54) is 35.5 Å². The number of carbonyl (C=O) groups excluding carboxylic acids is 1. The van der Waals surface area contributed by atoms with Crippen LogP contribution in [-0.4, -0.2) is 37.8 Å². The molecule has 0 N–H and O–H groups in total. The molecule has 0 atom stereocenters. The van der Waals surface area contributed by atoms with Crippen LogP contribution in [0.5, 0.6) is 5.75 Å². The smallest absolute Gasteiger partial charge is 0.416 e. The molecule has 9 heteroatoms. The van der Waals surface area contributed by atoms with Crippen molar-refractivity contribution in [1.29, 1.82) is 0 Å². The summed E-state index contributed by atoms with van der Waals surface area (Å²) in [4.78, 5) is 18.5. The molecule has 0 saturated heterocycles. The third-order valence-electron chi connectivity index (χ3n) is 3.86. The molecule has 1 heterocycles. The van der Waals surface area contributed by atoms with Gasteiger partial charge in [-0.05, 0) is 30.3 Å². The second-order valence-electron chi connectivity index (χ2n) is 5.82. The number of nitrogens with zero attached hydrogens (tertiary/aromatic N) is 2. The van der Waals surface area contributed by atoms with E-state index in [1.807, 2.05) is 24.3 Å². The molecule has 0 aliphatic rings. The van der Waals surface area contributed by atoms with Gasteiger partial charge in [0.05, 0.1) is 28.9 Å². The van der Waals surface area contributed by atoms with Gasteiger partial charge < -0.3 is 9.47 Å². The van der Waals surface area contributed by atoms with E-state index in [9.17, 15) is 18.0 Å². The summed E-state index contributed by atoms with van der Waals surface area (Å²) in [5, 5.41) is 0.482. The minimum atomic E-state index is -4.48. The molecular formula is C19H17F3N2O3S. The van der Waals surface area contributed by atoms with Gasteiger partial charge in [0.25, 0.3) is 5.91 Å². The Labute approximate surface area is 163 Å². The summed E-state index contributed by atoms with van der Waals surface area (Å²) in [6, 6.07) is 11.9. The Morgan fingerprint density at radius 3 is 2.68 bits per heavy atom. The van der Waals surface area contributed by atoms with E-state index in [0.717, 1.165) is 22.3 Å². The van der Waals surface area contributed by atoms with Crippen LogP contribution in [0.15, 0.2) is 48.5 Å². The molecule has 0 aliphatic carbocycles. The van der Waals surface area contributed by atoms with Crippen molar-refractivity contribution >= 4 is 32.6 Å². The lowest BCUT2D eigenvalue weighted by Crippen LogP contribution is -2.37. The molecule has 3 rings (SSSR count). The summed E-state index contributed by atoms with van der Waals surface area (Å²) < 4.78 is 49.7. The first-order chi connectivity index (χ1) is 13.4. The zero-order valence-electron chi connectivity index (χ0n) is 14.9. The van der Waals surface area contributed by atoms with Crippen molar-refractivity contribution < 1.29 is 27.4 Å². The topological polar surface area (TPSA) is 51.7 Å². The second-order valence-corrected chi connectivity index (χ2v) is 6.83. The van der Waals surface area contributed by atoms with E-state index in [1.54, 1.807) is 0 Å². The number of ether oxygens (including phenoxy) is 2. The fraction of sp³-hybridized carbons (Fsp3) is 0.263. The van der Waals surface area contributed by atoms with Crippen molar-refractivity contribution in [2.24, 2.45) is 0 Å². The number of thiazole rings is 1. The van der Waals surface area contributed by atoms with Gasteiger partial charge in [0, 0.05) is 7.11 Å². The number of para-hydroxylation sites is 1. The number of hydrogen-bond acceptors (Lipinski definition) is 5. The Kier molecular flexibility index (Phi) is 6.15. The number of aromatic nitrogens is 1. The Hall–Kier alpha value is -2.65. The Morgan fingerprint density at radius 1 is 1.18 bits per heavy atom. The molecule has 0 saturated carbocycles. The maximum Gasteiger partial charge on any atom is 0.416 e. The van der Waals surface area contributed by atoms with Crippen molar-refractivity contribution in [2.75, 3.05) is 31.8 Å². The molecule has 0 unspecified atom stereocenters. The molecule has 28 heavy (non-hydrogen) atoms. The summed E-state index contributed by atoms with van der Waals surface area (Å²) in [6.07, 6.45) is -4.48. The van der Waals surface area contributed by atoms with E-state index in [4.69, 9.17) is 9.47 Å². The SMILES string of the molecule is COCCN(C(=O)COc1cccc(C(F)(F)F)c1)c1nc2ccccc2s1. The van der Waals surface area contributed by atoms with Gasteiger partial charge in [-0.3, -0.25) is 9.69 Å². The summed E-state index contributed by atoms with van der Waals surface area (Å²) >= 11 is 1.35. The number of hydrogen-bond donors (Lipinski definition) is 0. The molecule has 0 radical (unpaired) electrons. The lowest BCUT2D eigenvalue weighted by Gasteiger charge is -2.19. The third kappa shape index (κ3) is 4.79. The maximum absolute atomic E-state index is 12.8. The van der Waals surface area contributed by atoms with Crippen molar-refractivity contribution in [2.45, 2.75) is 6.18 Å². The molecule has 0 spiro atoms. The minimum Gasteiger partial charge on any atom is -0.484 e. The van der Waals surface area contributed by atoms with E-state index in [0.29, 0.717) is 5.13 Å². The number of anilines is 1. The summed E-state index contributed by atoms with van der Waals surface area (Å²) in [5.41, 5.74) is -0.0728. The second kappa shape index (κ2) is 8.57. The van der Waals surface area contributed by atoms with E-state index in [2.05, 4.69) is 4.98 Å². The van der Waals surface area contributed by atoms with Gasteiger partial charge in [-0.1, -0.05) is 29.5 Å². The number of halogens is 3. The maximum atomic E-state index is 12.8. The van der Waals surface area contributed by atoms with Gasteiger partial charge in [0.15, 0.2) is 11.7 Å². The lowest BCUT2D eigenvalue weighted by molar-refractivity contribution is -0.137. The van der Waals surface area contributed by atoms with Crippen LogP contribution in [0.4, 0.5) is 18.3 Å². The van der Waals surface area contributed by atoms with Crippen LogP contribution in [0.25, 0.3) is 10.2 Å². The Balaban J connectivity index is 1.75. The quantitative estimate of drug-likeness (QED) is 0.580. The molecule has 0 aliphatic heterocycles. The highest BCUT2D eigenvalue weighted by molar-refractivity contribution is 7.22. The fourth-order valence-corrected chi connectivity index (χ4v) is 3.48. The summed E-state index contributed by atoms with van der Waals surface area (Å²) in [5.74, 6) is -0.451. The highest BCUT2D eigenvalue weighted by Gasteiger charge is 2.30. The van der Waals surface area contributed by atoms with Crippen LogP contribution in [0.1, 0.15) is 5.56 Å². The predicted molar refractivity (Wildman–Crippen MR) is 101 cm³/mol. The number of alkyl halides is 3. The first kappa shape index (κ1) is 20.1. The van der Waals surface area contributed by atoms with Crippen molar-refractivity contribution in [3.8, 4) is 5.75 Å². The van der Waals surface area contributed by atoms with Gasteiger partial charge in [0.1, 0.15) is 5.75 Å². The van der Waals surface area contributed by atoms with Gasteiger partial charge in [-0.2, -0.15) is 13.2 Å². The monoisotopic (exact) mass is 410 g/mol. The lowest BCUT2D eigenvalue weighted by atomic mass is 10.2. The van der Waals surface area contributed by atoms with Crippen LogP contribution in [-0.2, 0) is 15.7 Å².